The maximum Gasteiger partial charge on any atom is 0.194 e. The number of rotatable bonds is 4. The Morgan fingerprint density at radius 2 is 1.85 bits per heavy atom. The van der Waals surface area contributed by atoms with Crippen molar-refractivity contribution >= 4 is 0 Å². The van der Waals surface area contributed by atoms with E-state index in [-0.39, 0.29) is 12.6 Å². The zero-order valence-electron chi connectivity index (χ0n) is 11.9. The molecule has 1 aromatic carbocycles. The lowest BCUT2D eigenvalue weighted by Crippen LogP contribution is -2.40. The van der Waals surface area contributed by atoms with Crippen LogP contribution in [0, 0.1) is 23.4 Å². The number of nitrogens with zero attached hydrogens (tertiary/aromatic N) is 1. The molecule has 2 N–H and O–H groups in total. The van der Waals surface area contributed by atoms with Gasteiger partial charge in [0.05, 0.1) is 0 Å². The molecule has 112 valence electrons. The quantitative estimate of drug-likeness (QED) is 0.861. The lowest BCUT2D eigenvalue weighted by atomic mass is 9.98. The lowest BCUT2D eigenvalue weighted by molar-refractivity contribution is 0.149. The topological polar surface area (TPSA) is 29.3 Å². The first kappa shape index (κ1) is 15.3. The largest absolute Gasteiger partial charge is 0.329 e. The van der Waals surface area contributed by atoms with Crippen LogP contribution in [-0.4, -0.2) is 24.0 Å². The number of hydrogen-bond acceptors (Lipinski definition) is 2. The molecule has 1 aromatic rings. The highest BCUT2D eigenvalue weighted by atomic mass is 19.2. The van der Waals surface area contributed by atoms with Gasteiger partial charge in [-0.3, -0.25) is 4.90 Å². The minimum atomic E-state index is -1.42. The average molecular weight is 286 g/mol. The first-order valence-electron chi connectivity index (χ1n) is 7.06. The van der Waals surface area contributed by atoms with E-state index in [1.165, 1.54) is 0 Å². The summed E-state index contributed by atoms with van der Waals surface area (Å²) in [7, 11) is 0. The SMILES string of the molecule is CC(C)C1CCCN1C(CN)c1cc(F)c(F)c(F)c1. The molecule has 2 unspecified atom stereocenters. The van der Waals surface area contributed by atoms with E-state index in [0.717, 1.165) is 31.5 Å². The minimum Gasteiger partial charge on any atom is -0.329 e. The van der Waals surface area contributed by atoms with Crippen LogP contribution in [0.5, 0.6) is 0 Å². The molecule has 2 nitrogen and oxygen atoms in total. The molecule has 20 heavy (non-hydrogen) atoms. The molecule has 1 fully saturated rings. The third kappa shape index (κ3) is 2.83. The van der Waals surface area contributed by atoms with Gasteiger partial charge in [0, 0.05) is 18.6 Å². The molecule has 0 saturated carbocycles. The van der Waals surface area contributed by atoms with E-state index in [1.807, 2.05) is 0 Å². The van der Waals surface area contributed by atoms with Gasteiger partial charge in [0.15, 0.2) is 17.5 Å². The average Bonchev–Trinajstić information content (AvgIpc) is 2.86. The van der Waals surface area contributed by atoms with Gasteiger partial charge in [-0.1, -0.05) is 13.8 Å². The number of halogens is 3. The molecule has 1 aliphatic heterocycles. The van der Waals surface area contributed by atoms with E-state index in [1.54, 1.807) is 0 Å². The molecule has 1 saturated heterocycles. The van der Waals surface area contributed by atoms with Gasteiger partial charge in [-0.2, -0.15) is 0 Å². The van der Waals surface area contributed by atoms with Crippen LogP contribution in [0.25, 0.3) is 0 Å². The fourth-order valence-corrected chi connectivity index (χ4v) is 3.15. The second-order valence-corrected chi connectivity index (χ2v) is 5.74. The third-order valence-corrected chi connectivity index (χ3v) is 4.13. The van der Waals surface area contributed by atoms with Crippen molar-refractivity contribution in [3.05, 3.63) is 35.1 Å². The van der Waals surface area contributed by atoms with Gasteiger partial charge in [-0.15, -0.1) is 0 Å². The van der Waals surface area contributed by atoms with Crippen LogP contribution in [0.3, 0.4) is 0 Å². The number of benzene rings is 1. The molecule has 0 spiro atoms. The summed E-state index contributed by atoms with van der Waals surface area (Å²) < 4.78 is 39.9. The van der Waals surface area contributed by atoms with Crippen molar-refractivity contribution in [1.29, 1.82) is 0 Å². The van der Waals surface area contributed by atoms with Gasteiger partial charge in [0.25, 0.3) is 0 Å². The van der Waals surface area contributed by atoms with Crippen molar-refractivity contribution in [3.63, 3.8) is 0 Å². The van der Waals surface area contributed by atoms with Crippen LogP contribution >= 0.6 is 0 Å². The normalized spacial score (nSPS) is 21.6. The van der Waals surface area contributed by atoms with Gasteiger partial charge < -0.3 is 5.73 Å². The first-order chi connectivity index (χ1) is 9.45. The predicted octanol–water partition coefficient (Wildman–Crippen LogP) is 3.22. The van der Waals surface area contributed by atoms with Crippen LogP contribution in [0.4, 0.5) is 13.2 Å². The summed E-state index contributed by atoms with van der Waals surface area (Å²) in [6, 6.07) is 2.20. The van der Waals surface area contributed by atoms with Gasteiger partial charge in [0.1, 0.15) is 0 Å². The Kier molecular flexibility index (Phi) is 4.70. The summed E-state index contributed by atoms with van der Waals surface area (Å²) in [5.41, 5.74) is 6.22. The molecular weight excluding hydrogens is 265 g/mol. The highest BCUT2D eigenvalue weighted by Gasteiger charge is 2.33. The lowest BCUT2D eigenvalue weighted by Gasteiger charge is -2.34. The van der Waals surface area contributed by atoms with Crippen molar-refractivity contribution in [2.45, 2.75) is 38.8 Å². The van der Waals surface area contributed by atoms with Crippen LogP contribution in [0.2, 0.25) is 0 Å². The third-order valence-electron chi connectivity index (χ3n) is 4.13. The summed E-state index contributed by atoms with van der Waals surface area (Å²) in [5.74, 6) is -3.29. The monoisotopic (exact) mass is 286 g/mol. The van der Waals surface area contributed by atoms with E-state index >= 15 is 0 Å². The van der Waals surface area contributed by atoms with Gasteiger partial charge in [-0.05, 0) is 43.0 Å². The van der Waals surface area contributed by atoms with Gasteiger partial charge >= 0.3 is 0 Å². The van der Waals surface area contributed by atoms with Crippen LogP contribution < -0.4 is 5.73 Å². The van der Waals surface area contributed by atoms with Crippen LogP contribution in [0.15, 0.2) is 12.1 Å². The summed E-state index contributed by atoms with van der Waals surface area (Å²) in [6.45, 7) is 5.36. The van der Waals surface area contributed by atoms with E-state index in [2.05, 4.69) is 18.7 Å². The highest BCUT2D eigenvalue weighted by molar-refractivity contribution is 5.23. The molecule has 0 aromatic heterocycles. The molecule has 0 radical (unpaired) electrons. The molecule has 0 bridgehead atoms. The summed E-state index contributed by atoms with van der Waals surface area (Å²) >= 11 is 0. The number of nitrogens with two attached hydrogens (primary N) is 1. The smallest absolute Gasteiger partial charge is 0.194 e. The zero-order valence-corrected chi connectivity index (χ0v) is 11.9. The maximum absolute atomic E-state index is 13.4. The Bertz CT molecular complexity index is 453. The second kappa shape index (κ2) is 6.14. The fraction of sp³-hybridized carbons (Fsp3) is 0.600. The zero-order chi connectivity index (χ0) is 14.9. The Morgan fingerprint density at radius 3 is 2.35 bits per heavy atom. The Hall–Kier alpha value is -1.07. The molecular formula is C15H21F3N2. The molecule has 1 heterocycles. The maximum atomic E-state index is 13.4. The van der Waals surface area contributed by atoms with E-state index in [0.29, 0.717) is 17.5 Å². The fourth-order valence-electron chi connectivity index (χ4n) is 3.15. The van der Waals surface area contributed by atoms with Crippen molar-refractivity contribution in [3.8, 4) is 0 Å². The van der Waals surface area contributed by atoms with Gasteiger partial charge in [0.2, 0.25) is 0 Å². The Labute approximate surface area is 117 Å². The van der Waals surface area contributed by atoms with E-state index < -0.39 is 17.5 Å². The highest BCUT2D eigenvalue weighted by Crippen LogP contribution is 2.33. The van der Waals surface area contributed by atoms with Crippen LogP contribution in [-0.2, 0) is 0 Å². The molecule has 5 heteroatoms. The Balaban J connectivity index is 2.33. The second-order valence-electron chi connectivity index (χ2n) is 5.74. The minimum absolute atomic E-state index is 0.258. The number of likely N-dealkylation sites (tertiary alicyclic amines) is 1. The predicted molar refractivity (Wildman–Crippen MR) is 72.7 cm³/mol. The molecule has 1 aliphatic rings. The van der Waals surface area contributed by atoms with E-state index in [4.69, 9.17) is 5.73 Å². The summed E-state index contributed by atoms with van der Waals surface area (Å²) in [4.78, 5) is 2.19. The molecule has 2 atom stereocenters. The molecule has 0 amide bonds. The van der Waals surface area contributed by atoms with E-state index in [9.17, 15) is 13.2 Å². The van der Waals surface area contributed by atoms with Crippen molar-refractivity contribution in [1.82, 2.24) is 4.90 Å². The Morgan fingerprint density at radius 1 is 1.25 bits per heavy atom. The van der Waals surface area contributed by atoms with Crippen molar-refractivity contribution in [2.75, 3.05) is 13.1 Å². The molecule has 0 aliphatic carbocycles. The van der Waals surface area contributed by atoms with Crippen LogP contribution in [0.1, 0.15) is 38.3 Å². The standard InChI is InChI=1S/C15H21F3N2/c1-9(2)13-4-3-5-20(13)14(8-19)10-6-11(16)15(18)12(17)7-10/h6-7,9,13-14H,3-5,8,19H2,1-2H3. The number of hydrogen-bond donors (Lipinski definition) is 1. The summed E-state index contributed by atoms with van der Waals surface area (Å²) in [5, 5.41) is 0. The first-order valence-corrected chi connectivity index (χ1v) is 7.06. The van der Waals surface area contributed by atoms with Crippen molar-refractivity contribution in [2.24, 2.45) is 11.7 Å². The summed E-state index contributed by atoms with van der Waals surface area (Å²) in [6.07, 6.45) is 2.10. The van der Waals surface area contributed by atoms with Crippen molar-refractivity contribution < 1.29 is 13.2 Å². The molecule has 2 rings (SSSR count). The van der Waals surface area contributed by atoms with Gasteiger partial charge in [-0.25, -0.2) is 13.2 Å².